The minimum Gasteiger partial charge on any atom is -0.502 e. The number of rotatable bonds is 7. The van der Waals surface area contributed by atoms with Crippen LogP contribution in [0, 0.1) is 16.1 Å². The van der Waals surface area contributed by atoms with Crippen LogP contribution in [0.2, 0.25) is 0 Å². The highest BCUT2D eigenvalue weighted by Crippen LogP contribution is 2.41. The van der Waals surface area contributed by atoms with Crippen LogP contribution in [0.1, 0.15) is 5.56 Å². The first kappa shape index (κ1) is 25.3. The molecule has 0 saturated carbocycles. The minimum atomic E-state index is -0.167. The smallest absolute Gasteiger partial charge is 0.248 e. The summed E-state index contributed by atoms with van der Waals surface area (Å²) in [6, 6.07) is 24.5. The van der Waals surface area contributed by atoms with Crippen molar-refractivity contribution in [3.05, 3.63) is 83.1 Å². The molecule has 0 unspecified atom stereocenters. The molecule has 0 amide bonds. The van der Waals surface area contributed by atoms with Crippen molar-refractivity contribution in [2.75, 3.05) is 19.5 Å². The number of aromatic amines is 1. The van der Waals surface area contributed by atoms with Gasteiger partial charge in [-0.25, -0.2) is 9.97 Å². The van der Waals surface area contributed by atoms with Crippen LogP contribution in [0.15, 0.2) is 72.8 Å². The second kappa shape index (κ2) is 11.0. The number of aromatic nitrogens is 5. The Hall–Kier alpha value is -5.34. The van der Waals surface area contributed by atoms with E-state index in [0.717, 1.165) is 11.1 Å². The molecule has 0 aliphatic heterocycles. The van der Waals surface area contributed by atoms with Crippen molar-refractivity contribution in [3.63, 3.8) is 0 Å². The number of nitriles is 1. The summed E-state index contributed by atoms with van der Waals surface area (Å²) in [6.45, 7) is 0. The summed E-state index contributed by atoms with van der Waals surface area (Å²) in [7, 11) is 2.83. The van der Waals surface area contributed by atoms with E-state index in [1.54, 1.807) is 12.1 Å². The number of H-pyrrole nitrogens is 1. The number of hydrogen-bond donors (Lipinski definition) is 3. The molecule has 0 aliphatic rings. The van der Waals surface area contributed by atoms with Crippen LogP contribution in [-0.2, 0) is 0 Å². The Balaban J connectivity index is 1.63. The average Bonchev–Trinajstić information content (AvgIpc) is 2.98. The number of nitrogens with zero attached hydrogens (tertiary/aromatic N) is 5. The summed E-state index contributed by atoms with van der Waals surface area (Å²) < 4.78 is 10.6. The highest BCUT2D eigenvalue weighted by molar-refractivity contribution is 7.71. The summed E-state index contributed by atoms with van der Waals surface area (Å²) in [5, 5.41) is 32.2. The van der Waals surface area contributed by atoms with Crippen LogP contribution in [0.25, 0.3) is 33.8 Å². The summed E-state index contributed by atoms with van der Waals surface area (Å²) in [5.41, 5.74) is 3.87. The van der Waals surface area contributed by atoms with Crippen LogP contribution in [0.3, 0.4) is 0 Å². The first-order valence-electron chi connectivity index (χ1n) is 11.6. The molecule has 2 aromatic heterocycles. The highest BCUT2D eigenvalue weighted by atomic mass is 32.1. The Morgan fingerprint density at radius 3 is 2.00 bits per heavy atom. The molecular weight excluding hydrogens is 514 g/mol. The normalized spacial score (nSPS) is 10.5. The number of aromatic hydroxyl groups is 1. The number of benzene rings is 3. The SMILES string of the molecule is COc1cc(-c2[nH]c(=S)nc(Nc3nnc(-c4ccccc4)c(-c4ccccc4)n3)c2C#N)cc(OC)c1O. The predicted molar refractivity (Wildman–Crippen MR) is 148 cm³/mol. The van der Waals surface area contributed by atoms with Gasteiger partial charge in [0.1, 0.15) is 23.0 Å². The molecule has 10 nitrogen and oxygen atoms in total. The van der Waals surface area contributed by atoms with E-state index < -0.39 is 0 Å². The topological polar surface area (TPSA) is 142 Å². The molecule has 0 radical (unpaired) electrons. The van der Waals surface area contributed by atoms with E-state index in [4.69, 9.17) is 26.7 Å². The molecule has 192 valence electrons. The molecule has 0 bridgehead atoms. The Labute approximate surface area is 228 Å². The molecule has 0 spiro atoms. The summed E-state index contributed by atoms with van der Waals surface area (Å²) in [5.74, 6) is 0.422. The minimum absolute atomic E-state index is 0.106. The number of phenolic OH excluding ortho intramolecular Hbond substituents is 1. The number of nitrogens with one attached hydrogen (secondary N) is 2. The van der Waals surface area contributed by atoms with Gasteiger partial charge in [-0.05, 0) is 24.4 Å². The molecule has 0 aliphatic carbocycles. The first-order chi connectivity index (χ1) is 19.0. The number of hydrogen-bond acceptors (Lipinski definition) is 10. The van der Waals surface area contributed by atoms with Crippen LogP contribution in [0.4, 0.5) is 11.8 Å². The van der Waals surface area contributed by atoms with Gasteiger partial charge in [-0.1, -0.05) is 60.7 Å². The molecule has 11 heteroatoms. The van der Waals surface area contributed by atoms with Gasteiger partial charge in [0.25, 0.3) is 0 Å². The lowest BCUT2D eigenvalue weighted by atomic mass is 10.0. The summed E-state index contributed by atoms with van der Waals surface area (Å²) >= 11 is 5.36. The van der Waals surface area contributed by atoms with Crippen molar-refractivity contribution in [1.82, 2.24) is 25.1 Å². The molecular formula is C28H21N7O3S. The number of anilines is 2. The van der Waals surface area contributed by atoms with E-state index in [9.17, 15) is 10.4 Å². The van der Waals surface area contributed by atoms with Gasteiger partial charge in [0, 0.05) is 16.7 Å². The van der Waals surface area contributed by atoms with Crippen LogP contribution in [-0.4, -0.2) is 44.5 Å². The lowest BCUT2D eigenvalue weighted by molar-refractivity contribution is 0.340. The molecule has 2 heterocycles. The van der Waals surface area contributed by atoms with E-state index in [1.807, 2.05) is 60.7 Å². The maximum Gasteiger partial charge on any atom is 0.248 e. The van der Waals surface area contributed by atoms with Gasteiger partial charge in [0.15, 0.2) is 22.1 Å². The molecule has 3 N–H and O–H groups in total. The van der Waals surface area contributed by atoms with Gasteiger partial charge in [-0.15, -0.1) is 10.2 Å². The van der Waals surface area contributed by atoms with Crippen molar-refractivity contribution >= 4 is 24.0 Å². The van der Waals surface area contributed by atoms with Gasteiger partial charge >= 0.3 is 0 Å². The van der Waals surface area contributed by atoms with E-state index in [1.165, 1.54) is 14.2 Å². The lowest BCUT2D eigenvalue weighted by Gasteiger charge is -2.14. The van der Waals surface area contributed by atoms with Crippen molar-refractivity contribution in [2.45, 2.75) is 0 Å². The molecule has 0 atom stereocenters. The third-order valence-electron chi connectivity index (χ3n) is 5.82. The fourth-order valence-corrected chi connectivity index (χ4v) is 4.19. The maximum atomic E-state index is 10.3. The van der Waals surface area contributed by atoms with Gasteiger partial charge in [-0.3, -0.25) is 0 Å². The van der Waals surface area contributed by atoms with Gasteiger partial charge in [0.05, 0.1) is 19.9 Å². The van der Waals surface area contributed by atoms with E-state index in [0.29, 0.717) is 22.6 Å². The Morgan fingerprint density at radius 2 is 1.44 bits per heavy atom. The third-order valence-corrected chi connectivity index (χ3v) is 6.02. The maximum absolute atomic E-state index is 10.3. The largest absolute Gasteiger partial charge is 0.502 e. The second-order valence-corrected chi connectivity index (χ2v) is 8.56. The molecule has 3 aromatic carbocycles. The molecule has 5 rings (SSSR count). The zero-order valence-electron chi connectivity index (χ0n) is 20.8. The van der Waals surface area contributed by atoms with Crippen molar-refractivity contribution in [2.24, 2.45) is 0 Å². The Morgan fingerprint density at radius 1 is 0.846 bits per heavy atom. The molecule has 5 aromatic rings. The molecule has 0 fully saturated rings. The van der Waals surface area contributed by atoms with Crippen molar-refractivity contribution in [3.8, 4) is 57.1 Å². The first-order valence-corrected chi connectivity index (χ1v) is 12.1. The summed E-state index contributed by atoms with van der Waals surface area (Å²) in [4.78, 5) is 12.0. The second-order valence-electron chi connectivity index (χ2n) is 8.17. The van der Waals surface area contributed by atoms with E-state index >= 15 is 0 Å². The molecule has 39 heavy (non-hydrogen) atoms. The fraction of sp³-hybridized carbons (Fsp3) is 0.0714. The average molecular weight is 536 g/mol. The van der Waals surface area contributed by atoms with Gasteiger partial charge in [-0.2, -0.15) is 5.26 Å². The van der Waals surface area contributed by atoms with Crippen LogP contribution in [0.5, 0.6) is 17.2 Å². The van der Waals surface area contributed by atoms with E-state index in [2.05, 4.69) is 31.6 Å². The number of ether oxygens (including phenoxy) is 2. The molecule has 0 saturated heterocycles. The Bertz CT molecular complexity index is 1730. The van der Waals surface area contributed by atoms with Crippen molar-refractivity contribution in [1.29, 1.82) is 5.26 Å². The number of phenols is 1. The van der Waals surface area contributed by atoms with Crippen LogP contribution >= 0.6 is 12.2 Å². The predicted octanol–water partition coefficient (Wildman–Crippen LogP) is 5.66. The standard InChI is InChI=1S/C28H21N7O3S/c1-37-20-13-18(14-21(38-2)25(20)36)22-19(15-29)26(33-28(39)31-22)32-27-30-23(16-9-5-3-6-10-16)24(34-35-27)17-11-7-4-8-12-17/h3-14,36H,1-2H3,(H2,30,31,32,33,35,39). The zero-order chi connectivity index (χ0) is 27.4. The van der Waals surface area contributed by atoms with Crippen molar-refractivity contribution < 1.29 is 14.6 Å². The highest BCUT2D eigenvalue weighted by Gasteiger charge is 2.20. The summed E-state index contributed by atoms with van der Waals surface area (Å²) in [6.07, 6.45) is 0. The monoisotopic (exact) mass is 535 g/mol. The quantitative estimate of drug-likeness (QED) is 0.223. The van der Waals surface area contributed by atoms with Gasteiger partial charge in [0.2, 0.25) is 11.7 Å². The van der Waals surface area contributed by atoms with Crippen LogP contribution < -0.4 is 14.8 Å². The third kappa shape index (κ3) is 5.09. The van der Waals surface area contributed by atoms with Gasteiger partial charge < -0.3 is 24.9 Å². The van der Waals surface area contributed by atoms with E-state index in [-0.39, 0.29) is 39.3 Å². The number of methoxy groups -OCH3 is 2. The Kier molecular flexibility index (Phi) is 7.11. The zero-order valence-corrected chi connectivity index (χ0v) is 21.7. The fourth-order valence-electron chi connectivity index (χ4n) is 4.00. The lowest BCUT2D eigenvalue weighted by Crippen LogP contribution is -2.07.